The van der Waals surface area contributed by atoms with Gasteiger partial charge in [0, 0.05) is 4.47 Å². The number of halogens is 5. The van der Waals surface area contributed by atoms with Crippen LogP contribution in [0.1, 0.15) is 5.56 Å². The monoisotopic (exact) mass is 339 g/mol. The van der Waals surface area contributed by atoms with Crippen molar-refractivity contribution in [1.29, 1.82) is 0 Å². The van der Waals surface area contributed by atoms with E-state index in [2.05, 4.69) is 22.5 Å². The number of hydrogen-bond acceptors (Lipinski definition) is 1. The van der Waals surface area contributed by atoms with Crippen LogP contribution in [0.25, 0.3) is 5.57 Å². The molecular formula is C12H10BrF4NO. The summed E-state index contributed by atoms with van der Waals surface area (Å²) in [7, 11) is 0. The van der Waals surface area contributed by atoms with Crippen molar-refractivity contribution in [1.82, 2.24) is 5.32 Å². The third kappa shape index (κ3) is 4.66. The Morgan fingerprint density at radius 3 is 2.32 bits per heavy atom. The van der Waals surface area contributed by atoms with Crippen molar-refractivity contribution in [2.75, 3.05) is 6.54 Å². The van der Waals surface area contributed by atoms with E-state index < -0.39 is 24.8 Å². The molecule has 1 N–H and O–H groups in total. The number of hydrogen-bond donors (Lipinski definition) is 1. The van der Waals surface area contributed by atoms with Crippen LogP contribution in [0.2, 0.25) is 0 Å². The summed E-state index contributed by atoms with van der Waals surface area (Å²) in [6.07, 6.45) is -6.80. The molecule has 0 fully saturated rings. The van der Waals surface area contributed by atoms with Crippen LogP contribution in [0.3, 0.4) is 0 Å². The van der Waals surface area contributed by atoms with Gasteiger partial charge in [0.15, 0.2) is 0 Å². The molecule has 0 spiro atoms. The fourth-order valence-electron chi connectivity index (χ4n) is 1.25. The number of rotatable bonds is 4. The van der Waals surface area contributed by atoms with Gasteiger partial charge in [-0.1, -0.05) is 34.6 Å². The number of alkyl halides is 4. The fourth-order valence-corrected chi connectivity index (χ4v) is 1.51. The Kier molecular flexibility index (Phi) is 5.11. The van der Waals surface area contributed by atoms with Gasteiger partial charge >= 0.3 is 12.1 Å². The van der Waals surface area contributed by atoms with Crippen molar-refractivity contribution in [3.8, 4) is 0 Å². The number of carbonyl (C=O) groups excluding carboxylic acids is 1. The summed E-state index contributed by atoms with van der Waals surface area (Å²) < 4.78 is 50.1. The van der Waals surface area contributed by atoms with Gasteiger partial charge in [-0.3, -0.25) is 4.79 Å². The molecule has 0 unspecified atom stereocenters. The van der Waals surface area contributed by atoms with E-state index >= 15 is 0 Å². The highest BCUT2D eigenvalue weighted by molar-refractivity contribution is 9.10. The molecular weight excluding hydrogens is 330 g/mol. The highest BCUT2D eigenvalue weighted by atomic mass is 79.9. The average molecular weight is 340 g/mol. The minimum atomic E-state index is -5.02. The van der Waals surface area contributed by atoms with Gasteiger partial charge in [0.05, 0.1) is 6.54 Å². The molecule has 1 aromatic rings. The molecule has 0 aliphatic rings. The third-order valence-corrected chi connectivity index (χ3v) is 2.82. The summed E-state index contributed by atoms with van der Waals surface area (Å²) in [6, 6.07) is 6.46. The zero-order valence-corrected chi connectivity index (χ0v) is 11.2. The van der Waals surface area contributed by atoms with Gasteiger partial charge in [0.1, 0.15) is 6.17 Å². The minimum absolute atomic E-state index is 0.00924. The van der Waals surface area contributed by atoms with Gasteiger partial charge in [-0.25, -0.2) is 4.39 Å². The van der Waals surface area contributed by atoms with Crippen molar-refractivity contribution < 1.29 is 22.4 Å². The number of amides is 1. The summed E-state index contributed by atoms with van der Waals surface area (Å²) in [4.78, 5) is 10.5. The van der Waals surface area contributed by atoms with Gasteiger partial charge < -0.3 is 5.32 Å². The summed E-state index contributed by atoms with van der Waals surface area (Å²) in [5.41, 5.74) is 0.465. The van der Waals surface area contributed by atoms with Crippen LogP contribution in [0.5, 0.6) is 0 Å². The molecule has 1 rings (SSSR count). The zero-order chi connectivity index (χ0) is 14.6. The van der Waals surface area contributed by atoms with E-state index in [1.165, 1.54) is 5.32 Å². The molecule has 0 aliphatic carbocycles. The highest BCUT2D eigenvalue weighted by Gasteiger charge is 2.38. The molecule has 0 radical (unpaired) electrons. The zero-order valence-electron chi connectivity index (χ0n) is 9.60. The largest absolute Gasteiger partial charge is 0.471 e. The Balaban J connectivity index is 2.59. The van der Waals surface area contributed by atoms with Crippen LogP contribution < -0.4 is 5.32 Å². The first kappa shape index (κ1) is 15.7. The maximum Gasteiger partial charge on any atom is 0.471 e. The predicted molar refractivity (Wildman–Crippen MR) is 67.1 cm³/mol. The fraction of sp³-hybridized carbons (Fsp3) is 0.250. The van der Waals surface area contributed by atoms with Crippen molar-refractivity contribution in [3.05, 3.63) is 40.9 Å². The number of carbonyl (C=O) groups is 1. The topological polar surface area (TPSA) is 29.1 Å². The minimum Gasteiger partial charge on any atom is -0.345 e. The lowest BCUT2D eigenvalue weighted by atomic mass is 10.0. The number of nitrogens with one attached hydrogen (secondary N) is 1. The molecule has 2 nitrogen and oxygen atoms in total. The Bertz CT molecular complexity index is 470. The molecule has 0 saturated carbocycles. The molecule has 7 heteroatoms. The second-order valence-corrected chi connectivity index (χ2v) is 4.62. The molecule has 19 heavy (non-hydrogen) atoms. The van der Waals surface area contributed by atoms with Gasteiger partial charge in [-0.15, -0.1) is 0 Å². The van der Waals surface area contributed by atoms with Crippen molar-refractivity contribution in [2.24, 2.45) is 0 Å². The van der Waals surface area contributed by atoms with E-state index in [1.807, 2.05) is 0 Å². The molecule has 0 bridgehead atoms. The third-order valence-electron chi connectivity index (χ3n) is 2.29. The van der Waals surface area contributed by atoms with E-state index in [9.17, 15) is 22.4 Å². The lowest BCUT2D eigenvalue weighted by Crippen LogP contribution is -2.40. The lowest BCUT2D eigenvalue weighted by Gasteiger charge is -2.14. The quantitative estimate of drug-likeness (QED) is 0.836. The molecule has 0 saturated heterocycles. The van der Waals surface area contributed by atoms with Crippen LogP contribution >= 0.6 is 15.9 Å². The lowest BCUT2D eigenvalue weighted by molar-refractivity contribution is -0.173. The van der Waals surface area contributed by atoms with Crippen molar-refractivity contribution in [3.63, 3.8) is 0 Å². The first-order chi connectivity index (χ1) is 8.71. The van der Waals surface area contributed by atoms with Gasteiger partial charge in [-0.05, 0) is 23.3 Å². The van der Waals surface area contributed by atoms with E-state index in [0.717, 1.165) is 4.47 Å². The second-order valence-electron chi connectivity index (χ2n) is 3.71. The first-order valence-electron chi connectivity index (χ1n) is 5.15. The first-order valence-corrected chi connectivity index (χ1v) is 5.95. The standard InChI is InChI=1S/C12H10BrF4NO/c1-7(8-2-4-9(13)5-3-8)10(14)6-18-11(19)12(15,16)17/h2-5,10H,1,6H2,(H,18,19)/t10-/m1/s1. The normalized spacial score (nSPS) is 12.9. The summed E-state index contributed by atoms with van der Waals surface area (Å²) >= 11 is 3.20. The van der Waals surface area contributed by atoms with Crippen molar-refractivity contribution >= 4 is 27.4 Å². The van der Waals surface area contributed by atoms with Gasteiger partial charge in [0.25, 0.3) is 0 Å². The van der Waals surface area contributed by atoms with E-state index in [0.29, 0.717) is 5.56 Å². The van der Waals surface area contributed by atoms with Crippen LogP contribution in [-0.4, -0.2) is 24.8 Å². The Labute approximate surface area is 115 Å². The summed E-state index contributed by atoms with van der Waals surface area (Å²) in [6.45, 7) is 2.70. The van der Waals surface area contributed by atoms with Crippen molar-refractivity contribution in [2.45, 2.75) is 12.3 Å². The molecule has 1 aromatic carbocycles. The highest BCUT2D eigenvalue weighted by Crippen LogP contribution is 2.21. The van der Waals surface area contributed by atoms with E-state index in [1.54, 1.807) is 24.3 Å². The van der Waals surface area contributed by atoms with Crippen LogP contribution in [0.4, 0.5) is 17.6 Å². The molecule has 0 heterocycles. The maximum atomic E-state index is 13.6. The van der Waals surface area contributed by atoms with Gasteiger partial charge in [-0.2, -0.15) is 13.2 Å². The Hall–Kier alpha value is -1.37. The van der Waals surface area contributed by atoms with E-state index in [4.69, 9.17) is 0 Å². The predicted octanol–water partition coefficient (Wildman–Crippen LogP) is 3.48. The van der Waals surface area contributed by atoms with Gasteiger partial charge in [0.2, 0.25) is 0 Å². The maximum absolute atomic E-state index is 13.6. The SMILES string of the molecule is C=C(c1ccc(Br)cc1)[C@H](F)CNC(=O)C(F)(F)F. The Morgan fingerprint density at radius 2 is 1.84 bits per heavy atom. The molecule has 1 atom stereocenters. The average Bonchev–Trinajstić information content (AvgIpc) is 2.34. The summed E-state index contributed by atoms with van der Waals surface area (Å²) in [5, 5.41) is 1.48. The van der Waals surface area contributed by atoms with Crippen LogP contribution in [0, 0.1) is 0 Å². The summed E-state index contributed by atoms with van der Waals surface area (Å²) in [5.74, 6) is -2.17. The number of benzene rings is 1. The van der Waals surface area contributed by atoms with E-state index in [-0.39, 0.29) is 5.57 Å². The molecule has 1 amide bonds. The Morgan fingerprint density at radius 1 is 1.32 bits per heavy atom. The molecule has 0 aromatic heterocycles. The smallest absolute Gasteiger partial charge is 0.345 e. The molecule has 104 valence electrons. The van der Waals surface area contributed by atoms with Crippen LogP contribution in [-0.2, 0) is 4.79 Å². The van der Waals surface area contributed by atoms with Crippen LogP contribution in [0.15, 0.2) is 35.3 Å². The molecule has 0 aliphatic heterocycles. The second kappa shape index (κ2) is 6.18.